The number of rotatable bonds is 4. The van der Waals surface area contributed by atoms with E-state index in [2.05, 4.69) is 0 Å². The van der Waals surface area contributed by atoms with Crippen LogP contribution in [0.1, 0.15) is 6.92 Å². The minimum atomic E-state index is -3.56. The van der Waals surface area contributed by atoms with Gasteiger partial charge in [0.15, 0.2) is 0 Å². The molecule has 0 unspecified atom stereocenters. The van der Waals surface area contributed by atoms with Crippen LogP contribution in [-0.2, 0) is 19.6 Å². The summed E-state index contributed by atoms with van der Waals surface area (Å²) >= 11 is 6.81. The topological polar surface area (TPSA) is 78.0 Å². The largest absolute Gasteiger partial charge is 0.339 e. The molecule has 0 aliphatic carbocycles. The molecule has 0 spiro atoms. The Morgan fingerprint density at radius 1 is 1.26 bits per heavy atom. The summed E-state index contributed by atoms with van der Waals surface area (Å²) in [7, 11) is -2.00. The van der Waals surface area contributed by atoms with Crippen molar-refractivity contribution in [3.05, 3.63) is 16.5 Å². The maximum Gasteiger partial charge on any atom is 0.252 e. The lowest BCUT2D eigenvalue weighted by Gasteiger charge is -2.34. The summed E-state index contributed by atoms with van der Waals surface area (Å²) in [6, 6.07) is 3.04. The average molecular weight is 380 g/mol. The van der Waals surface area contributed by atoms with Gasteiger partial charge in [0.05, 0.1) is 10.9 Å². The average Bonchev–Trinajstić information content (AvgIpc) is 2.94. The van der Waals surface area contributed by atoms with Crippen LogP contribution in [0.3, 0.4) is 0 Å². The van der Waals surface area contributed by atoms with Crippen molar-refractivity contribution >= 4 is 44.8 Å². The van der Waals surface area contributed by atoms with Gasteiger partial charge in [-0.15, -0.1) is 11.3 Å². The van der Waals surface area contributed by atoms with Crippen molar-refractivity contribution in [3.63, 3.8) is 0 Å². The number of carbonyl (C=O) groups excluding carboxylic acids is 2. The van der Waals surface area contributed by atoms with Crippen LogP contribution in [0.5, 0.6) is 0 Å². The van der Waals surface area contributed by atoms with E-state index in [4.69, 9.17) is 11.6 Å². The Balaban J connectivity index is 1.96. The molecule has 23 heavy (non-hydrogen) atoms. The van der Waals surface area contributed by atoms with Crippen molar-refractivity contribution in [2.75, 3.05) is 39.8 Å². The number of halogens is 1. The molecule has 1 saturated heterocycles. The van der Waals surface area contributed by atoms with E-state index in [1.165, 1.54) is 22.2 Å². The highest BCUT2D eigenvalue weighted by molar-refractivity contribution is 7.91. The number of carbonyl (C=O) groups is 2. The van der Waals surface area contributed by atoms with Crippen LogP contribution in [0.25, 0.3) is 0 Å². The Morgan fingerprint density at radius 2 is 1.87 bits per heavy atom. The van der Waals surface area contributed by atoms with E-state index >= 15 is 0 Å². The lowest BCUT2D eigenvalue weighted by atomic mass is 10.3. The number of likely N-dealkylation sites (N-methyl/N-ethyl adjacent to an activating group) is 1. The second-order valence-corrected chi connectivity index (χ2v) is 9.10. The summed E-state index contributed by atoms with van der Waals surface area (Å²) in [5.41, 5.74) is 0. The molecule has 2 amide bonds. The van der Waals surface area contributed by atoms with E-state index in [1.807, 2.05) is 0 Å². The van der Waals surface area contributed by atoms with Crippen LogP contribution in [0.4, 0.5) is 0 Å². The van der Waals surface area contributed by atoms with Crippen molar-refractivity contribution in [2.45, 2.75) is 11.1 Å². The van der Waals surface area contributed by atoms with Crippen LogP contribution in [0.15, 0.2) is 16.3 Å². The van der Waals surface area contributed by atoms with Crippen LogP contribution < -0.4 is 0 Å². The van der Waals surface area contributed by atoms with Crippen molar-refractivity contribution in [2.24, 2.45) is 0 Å². The molecule has 128 valence electrons. The predicted molar refractivity (Wildman–Crippen MR) is 88.0 cm³/mol. The van der Waals surface area contributed by atoms with E-state index in [9.17, 15) is 18.0 Å². The predicted octanol–water partition coefficient (Wildman–Crippen LogP) is 0.713. The van der Waals surface area contributed by atoms with Gasteiger partial charge in [-0.3, -0.25) is 9.59 Å². The highest BCUT2D eigenvalue weighted by Crippen LogP contribution is 2.28. The maximum atomic E-state index is 12.5. The van der Waals surface area contributed by atoms with Crippen molar-refractivity contribution in [1.29, 1.82) is 0 Å². The molecule has 2 heterocycles. The minimum Gasteiger partial charge on any atom is -0.339 e. The van der Waals surface area contributed by atoms with E-state index in [0.717, 1.165) is 11.3 Å². The normalized spacial score (nSPS) is 16.4. The summed E-state index contributed by atoms with van der Waals surface area (Å²) in [5.74, 6) is -0.368. The molecule has 0 bridgehead atoms. The molecular formula is C13H18ClN3O4S2. The fraction of sp³-hybridized carbons (Fsp3) is 0.538. The Kier molecular flexibility index (Phi) is 5.66. The van der Waals surface area contributed by atoms with Crippen molar-refractivity contribution in [1.82, 2.24) is 14.1 Å². The maximum absolute atomic E-state index is 12.5. The van der Waals surface area contributed by atoms with Gasteiger partial charge in [-0.2, -0.15) is 4.31 Å². The molecular weight excluding hydrogens is 362 g/mol. The molecule has 7 nitrogen and oxygen atoms in total. The van der Waals surface area contributed by atoms with Gasteiger partial charge in [-0.05, 0) is 12.1 Å². The summed E-state index contributed by atoms with van der Waals surface area (Å²) in [4.78, 5) is 26.2. The molecule has 1 aromatic heterocycles. The Hall–Kier alpha value is -1.16. The molecule has 1 fully saturated rings. The summed E-state index contributed by atoms with van der Waals surface area (Å²) < 4.78 is 26.9. The monoisotopic (exact) mass is 379 g/mol. The number of sulfonamides is 1. The second kappa shape index (κ2) is 7.16. The number of thiophene rings is 1. The zero-order chi connectivity index (χ0) is 17.2. The first-order valence-corrected chi connectivity index (χ1v) is 9.60. The summed E-state index contributed by atoms with van der Waals surface area (Å²) in [5, 5.41) is 0. The molecule has 0 radical (unpaired) electrons. The van der Waals surface area contributed by atoms with Crippen LogP contribution in [-0.4, -0.2) is 74.1 Å². The fourth-order valence-corrected chi connectivity index (χ4v) is 5.21. The molecule has 1 aliphatic heterocycles. The Labute approximate surface area is 144 Å². The van der Waals surface area contributed by atoms with E-state index in [1.54, 1.807) is 18.0 Å². The smallest absolute Gasteiger partial charge is 0.252 e. The number of hydrogen-bond acceptors (Lipinski definition) is 5. The van der Waals surface area contributed by atoms with Gasteiger partial charge in [0.1, 0.15) is 4.21 Å². The molecule has 1 aromatic rings. The van der Waals surface area contributed by atoms with E-state index in [0.29, 0.717) is 17.4 Å². The molecule has 0 atom stereocenters. The van der Waals surface area contributed by atoms with E-state index < -0.39 is 10.0 Å². The van der Waals surface area contributed by atoms with Gasteiger partial charge >= 0.3 is 0 Å². The molecule has 10 heteroatoms. The molecule has 0 N–H and O–H groups in total. The third-order valence-corrected chi connectivity index (χ3v) is 7.24. The van der Waals surface area contributed by atoms with Crippen molar-refractivity contribution in [3.8, 4) is 0 Å². The van der Waals surface area contributed by atoms with E-state index in [-0.39, 0.29) is 35.7 Å². The second-order valence-electron chi connectivity index (χ2n) is 5.22. The first-order valence-electron chi connectivity index (χ1n) is 6.97. The Bertz CT molecular complexity index is 696. The number of nitrogens with zero attached hydrogens (tertiary/aromatic N) is 3. The van der Waals surface area contributed by atoms with Gasteiger partial charge < -0.3 is 9.80 Å². The Morgan fingerprint density at radius 3 is 2.35 bits per heavy atom. The van der Waals surface area contributed by atoms with Gasteiger partial charge in [0, 0.05) is 40.2 Å². The zero-order valence-electron chi connectivity index (χ0n) is 12.9. The highest BCUT2D eigenvalue weighted by atomic mass is 35.5. The van der Waals surface area contributed by atoms with Gasteiger partial charge in [-0.1, -0.05) is 11.6 Å². The quantitative estimate of drug-likeness (QED) is 0.772. The van der Waals surface area contributed by atoms with Gasteiger partial charge in [0.25, 0.3) is 10.0 Å². The lowest BCUT2D eigenvalue weighted by Crippen LogP contribution is -2.52. The fourth-order valence-electron chi connectivity index (χ4n) is 2.16. The molecule has 0 saturated carbocycles. The highest BCUT2D eigenvalue weighted by Gasteiger charge is 2.31. The molecule has 2 rings (SSSR count). The SMILES string of the molecule is CC(=O)N(C)CC(=O)N1CCN(S(=O)(=O)c2ccc(Cl)s2)CC1. The van der Waals surface area contributed by atoms with Crippen LogP contribution >= 0.6 is 22.9 Å². The first-order chi connectivity index (χ1) is 10.7. The molecule has 1 aliphatic rings. The number of hydrogen-bond donors (Lipinski definition) is 0. The zero-order valence-corrected chi connectivity index (χ0v) is 15.2. The number of piperazine rings is 1. The third-order valence-electron chi connectivity index (χ3n) is 3.64. The van der Waals surface area contributed by atoms with Crippen LogP contribution in [0.2, 0.25) is 4.34 Å². The lowest BCUT2D eigenvalue weighted by molar-refractivity contribution is -0.139. The minimum absolute atomic E-state index is 0.00260. The molecule has 0 aromatic carbocycles. The van der Waals surface area contributed by atoms with Crippen molar-refractivity contribution < 1.29 is 18.0 Å². The van der Waals surface area contributed by atoms with Gasteiger partial charge in [0.2, 0.25) is 11.8 Å². The summed E-state index contributed by atoms with van der Waals surface area (Å²) in [6.07, 6.45) is 0. The first kappa shape index (κ1) is 18.2. The summed E-state index contributed by atoms with van der Waals surface area (Å²) in [6.45, 7) is 2.47. The van der Waals surface area contributed by atoms with Gasteiger partial charge in [-0.25, -0.2) is 8.42 Å². The standard InChI is InChI=1S/C13H18ClN3O4S2/c1-10(18)15(2)9-12(19)16-5-7-17(8-6-16)23(20,21)13-4-3-11(14)22-13/h3-4H,5-9H2,1-2H3. The third kappa shape index (κ3) is 4.23. The number of amides is 2. The van der Waals surface area contributed by atoms with Crippen LogP contribution in [0, 0.1) is 0 Å².